The zero-order chi connectivity index (χ0) is 25.4. The summed E-state index contributed by atoms with van der Waals surface area (Å²) in [4.78, 5) is 23.7. The van der Waals surface area contributed by atoms with Gasteiger partial charge in [-0.05, 0) is 29.3 Å². The minimum Gasteiger partial charge on any atom is -0.480 e. The van der Waals surface area contributed by atoms with Crippen molar-refractivity contribution in [1.82, 2.24) is 5.32 Å². The summed E-state index contributed by atoms with van der Waals surface area (Å²) in [6.07, 6.45) is -0.455. The number of benzene rings is 3. The van der Waals surface area contributed by atoms with Gasteiger partial charge in [0.1, 0.15) is 18.4 Å². The molecule has 2 unspecified atom stereocenters. The van der Waals surface area contributed by atoms with Crippen LogP contribution >= 0.6 is 0 Å². The molecule has 3 aromatic rings. The summed E-state index contributed by atoms with van der Waals surface area (Å²) in [5.41, 5.74) is 8.14. The largest absolute Gasteiger partial charge is 0.480 e. The predicted molar refractivity (Wildman–Crippen MR) is 128 cm³/mol. The number of ether oxygens (including phenoxy) is 2. The van der Waals surface area contributed by atoms with Gasteiger partial charge in [0, 0.05) is 18.2 Å². The second-order valence-corrected chi connectivity index (χ2v) is 9.84. The van der Waals surface area contributed by atoms with Crippen LogP contribution in [0, 0.1) is 0 Å². The van der Waals surface area contributed by atoms with Crippen molar-refractivity contribution in [3.05, 3.63) is 95.6 Å². The lowest BCUT2D eigenvalue weighted by atomic mass is 10.1. The van der Waals surface area contributed by atoms with Crippen molar-refractivity contribution in [3.8, 4) is 5.75 Å². The van der Waals surface area contributed by atoms with Crippen molar-refractivity contribution in [3.63, 3.8) is 0 Å². The number of aliphatic carboxylic acids is 1. The fraction of sp³-hybridized carbons (Fsp3) is 0.200. The molecule has 0 saturated heterocycles. The van der Waals surface area contributed by atoms with Gasteiger partial charge >= 0.3 is 12.1 Å². The molecule has 0 spiro atoms. The number of sulfone groups is 1. The minimum atomic E-state index is -3.37. The monoisotopic (exact) mass is 498 g/mol. The smallest absolute Gasteiger partial charge is 0.408 e. The van der Waals surface area contributed by atoms with Crippen molar-refractivity contribution in [2.45, 2.75) is 30.2 Å². The highest BCUT2D eigenvalue weighted by atomic mass is 32.2. The van der Waals surface area contributed by atoms with Crippen LogP contribution in [0.5, 0.6) is 5.75 Å². The Hall–Kier alpha value is -3.89. The minimum absolute atomic E-state index is 0.0731. The van der Waals surface area contributed by atoms with E-state index >= 15 is 0 Å². The lowest BCUT2D eigenvalue weighted by Crippen LogP contribution is -2.42. The number of amides is 1. The molecule has 2 atom stereocenters. The quantitative estimate of drug-likeness (QED) is 0.362. The van der Waals surface area contributed by atoms with E-state index in [-0.39, 0.29) is 17.9 Å². The van der Waals surface area contributed by atoms with Crippen molar-refractivity contribution < 1.29 is 32.6 Å². The maximum Gasteiger partial charge on any atom is 0.408 e. The fourth-order valence-corrected chi connectivity index (χ4v) is 3.84. The molecule has 1 amide bonds. The summed E-state index contributed by atoms with van der Waals surface area (Å²) in [5.74, 6) is -0.848. The number of hydrogen-bond donors (Lipinski definition) is 3. The van der Waals surface area contributed by atoms with Gasteiger partial charge < -0.3 is 19.9 Å². The van der Waals surface area contributed by atoms with Gasteiger partial charge in [-0.25, -0.2) is 18.0 Å². The number of hydrogen-bond acceptors (Lipinski definition) is 7. The van der Waals surface area contributed by atoms with E-state index in [9.17, 15) is 23.1 Å². The molecule has 0 heterocycles. The van der Waals surface area contributed by atoms with E-state index in [1.54, 1.807) is 60.7 Å². The number of carboxylic acid groups (broad SMARTS) is 1. The van der Waals surface area contributed by atoms with E-state index in [2.05, 4.69) is 5.32 Å². The molecule has 0 fully saturated rings. The molecule has 0 aromatic heterocycles. The number of carbonyl (C=O) groups is 2. The van der Waals surface area contributed by atoms with Gasteiger partial charge in [-0.1, -0.05) is 60.7 Å². The van der Waals surface area contributed by atoms with E-state index in [0.717, 1.165) is 11.8 Å². The molecule has 184 valence electrons. The Morgan fingerprint density at radius 2 is 1.66 bits per heavy atom. The number of alkyl carbamates (subject to hydrolysis) is 1. The van der Waals surface area contributed by atoms with E-state index in [1.807, 2.05) is 6.07 Å². The van der Waals surface area contributed by atoms with Crippen LogP contribution in [0.2, 0.25) is 0 Å². The molecule has 35 heavy (non-hydrogen) atoms. The fourth-order valence-electron chi connectivity index (χ4n) is 3.18. The molecule has 10 heteroatoms. The molecule has 0 saturated carbocycles. The van der Waals surface area contributed by atoms with Gasteiger partial charge in [0.25, 0.3) is 0 Å². The molecule has 9 nitrogen and oxygen atoms in total. The lowest BCUT2D eigenvalue weighted by Gasteiger charge is -2.16. The van der Waals surface area contributed by atoms with Crippen LogP contribution in [0.3, 0.4) is 0 Å². The zero-order valence-electron chi connectivity index (χ0n) is 19.0. The van der Waals surface area contributed by atoms with Crippen molar-refractivity contribution in [1.29, 1.82) is 0 Å². The number of nitrogens with two attached hydrogens (primary N) is 1. The van der Waals surface area contributed by atoms with Gasteiger partial charge in [0.05, 0.1) is 4.90 Å². The second-order valence-electron chi connectivity index (χ2n) is 7.83. The highest BCUT2D eigenvalue weighted by molar-refractivity contribution is 7.90. The first-order valence-electron chi connectivity index (χ1n) is 10.6. The van der Waals surface area contributed by atoms with Gasteiger partial charge in [0.2, 0.25) is 0 Å². The molecule has 0 aliphatic rings. The summed E-state index contributed by atoms with van der Waals surface area (Å²) in [6, 6.07) is 20.7. The predicted octanol–water partition coefficient (Wildman–Crippen LogP) is 3.05. The van der Waals surface area contributed by atoms with Crippen LogP contribution in [0.25, 0.3) is 0 Å². The Balaban J connectivity index is 1.53. The normalized spacial score (nSPS) is 12.9. The summed E-state index contributed by atoms with van der Waals surface area (Å²) < 4.78 is 34.2. The van der Waals surface area contributed by atoms with E-state index in [0.29, 0.717) is 16.9 Å². The number of rotatable bonds is 10. The SMILES string of the molecule is CS(=O)(=O)c1cccc(OC(N)c2ccc(COC(=O)NC(Cc3ccccc3)C(=O)O)cc2)c1. The van der Waals surface area contributed by atoms with Crippen LogP contribution in [-0.2, 0) is 32.4 Å². The zero-order valence-corrected chi connectivity index (χ0v) is 19.8. The molecule has 0 aliphatic carbocycles. The van der Waals surface area contributed by atoms with Crippen LogP contribution in [-0.4, -0.2) is 37.9 Å². The molecule has 3 rings (SSSR count). The van der Waals surface area contributed by atoms with Crippen LogP contribution in [0.1, 0.15) is 22.9 Å². The van der Waals surface area contributed by atoms with E-state index < -0.39 is 34.2 Å². The van der Waals surface area contributed by atoms with E-state index in [1.165, 1.54) is 12.1 Å². The lowest BCUT2D eigenvalue weighted by molar-refractivity contribution is -0.139. The second kappa shape index (κ2) is 11.5. The third-order valence-corrected chi connectivity index (χ3v) is 6.16. The Morgan fingerprint density at radius 1 is 0.971 bits per heavy atom. The van der Waals surface area contributed by atoms with Crippen molar-refractivity contribution >= 4 is 21.9 Å². The Labute approximate surface area is 203 Å². The number of carboxylic acids is 1. The molecule has 0 bridgehead atoms. The van der Waals surface area contributed by atoms with Gasteiger partial charge in [0.15, 0.2) is 16.1 Å². The highest BCUT2D eigenvalue weighted by Crippen LogP contribution is 2.22. The molecule has 4 N–H and O–H groups in total. The van der Waals surface area contributed by atoms with Gasteiger partial charge in [-0.3, -0.25) is 5.73 Å². The number of nitrogens with one attached hydrogen (secondary N) is 1. The first-order valence-corrected chi connectivity index (χ1v) is 12.5. The summed E-state index contributed by atoms with van der Waals surface area (Å²) >= 11 is 0. The molecular formula is C25H26N2O7S. The maximum absolute atomic E-state index is 12.1. The number of carbonyl (C=O) groups excluding carboxylic acids is 1. The van der Waals surface area contributed by atoms with Crippen LogP contribution in [0.15, 0.2) is 83.8 Å². The molecular weight excluding hydrogens is 472 g/mol. The average molecular weight is 499 g/mol. The Bertz CT molecular complexity index is 1260. The van der Waals surface area contributed by atoms with Crippen LogP contribution < -0.4 is 15.8 Å². The standard InChI is InChI=1S/C25H26N2O7S/c1-35(31,32)21-9-5-8-20(15-21)34-23(26)19-12-10-18(11-13-19)16-33-25(30)27-22(24(28)29)14-17-6-3-2-4-7-17/h2-13,15,22-23H,14,16,26H2,1H3,(H,27,30)(H,28,29). The summed E-state index contributed by atoms with van der Waals surface area (Å²) in [6.45, 7) is -0.0731. The third kappa shape index (κ3) is 7.83. The average Bonchev–Trinajstić information content (AvgIpc) is 2.83. The molecule has 3 aromatic carbocycles. The van der Waals surface area contributed by atoms with Gasteiger partial charge in [-0.2, -0.15) is 0 Å². The third-order valence-electron chi connectivity index (χ3n) is 5.05. The van der Waals surface area contributed by atoms with Crippen molar-refractivity contribution in [2.75, 3.05) is 6.26 Å². The highest BCUT2D eigenvalue weighted by Gasteiger charge is 2.21. The first-order chi connectivity index (χ1) is 16.6. The first kappa shape index (κ1) is 25.7. The maximum atomic E-state index is 12.1. The Morgan fingerprint density at radius 3 is 2.29 bits per heavy atom. The topological polar surface area (TPSA) is 145 Å². The molecule has 0 radical (unpaired) electrons. The molecule has 0 aliphatic heterocycles. The van der Waals surface area contributed by atoms with Crippen LogP contribution in [0.4, 0.5) is 4.79 Å². The summed E-state index contributed by atoms with van der Waals surface area (Å²) in [5, 5.41) is 11.8. The van der Waals surface area contributed by atoms with Gasteiger partial charge in [-0.15, -0.1) is 0 Å². The van der Waals surface area contributed by atoms with Crippen molar-refractivity contribution in [2.24, 2.45) is 5.73 Å². The summed E-state index contributed by atoms with van der Waals surface area (Å²) in [7, 11) is -3.37. The Kier molecular flexibility index (Phi) is 8.45. The van der Waals surface area contributed by atoms with E-state index in [4.69, 9.17) is 15.2 Å².